The average molecular weight is 231 g/mol. The number of carbonyl (C=O) groups excluding carboxylic acids is 1. The Morgan fingerprint density at radius 2 is 1.62 bits per heavy atom. The molecule has 0 radical (unpaired) electrons. The average Bonchev–Trinajstić information content (AvgIpc) is 2.14. The first-order chi connectivity index (χ1) is 7.16. The topological polar surface area (TPSA) is 49.3 Å². The van der Waals surface area contributed by atoms with Crippen molar-refractivity contribution in [2.75, 3.05) is 6.54 Å². The van der Waals surface area contributed by atoms with Crippen LogP contribution in [-0.4, -0.2) is 23.2 Å². The third-order valence-corrected chi connectivity index (χ3v) is 2.00. The van der Waals surface area contributed by atoms with Crippen molar-refractivity contribution in [2.24, 2.45) is 5.41 Å². The van der Waals surface area contributed by atoms with Gasteiger partial charge in [0, 0.05) is 13.0 Å². The summed E-state index contributed by atoms with van der Waals surface area (Å²) in [5.41, 5.74) is -0.747. The second kappa shape index (κ2) is 7.66. The lowest BCUT2D eigenvalue weighted by Gasteiger charge is -2.31. The van der Waals surface area contributed by atoms with Gasteiger partial charge in [0.25, 0.3) is 0 Å². The van der Waals surface area contributed by atoms with Crippen LogP contribution in [0.25, 0.3) is 0 Å². The summed E-state index contributed by atoms with van der Waals surface area (Å²) in [7, 11) is 0. The Kier molecular flexibility index (Phi) is 8.53. The van der Waals surface area contributed by atoms with Crippen molar-refractivity contribution in [3.8, 4) is 0 Å². The molecule has 0 aliphatic heterocycles. The first-order valence-electron chi connectivity index (χ1n) is 6.15. The first kappa shape index (κ1) is 17.8. The van der Waals surface area contributed by atoms with Crippen molar-refractivity contribution in [3.05, 3.63) is 0 Å². The van der Waals surface area contributed by atoms with Gasteiger partial charge in [-0.05, 0) is 25.7 Å². The predicted molar refractivity (Wildman–Crippen MR) is 69.3 cm³/mol. The summed E-state index contributed by atoms with van der Waals surface area (Å²) < 4.78 is 0. The van der Waals surface area contributed by atoms with Crippen LogP contribution in [0.1, 0.15) is 61.3 Å². The molecule has 0 bridgehead atoms. The highest BCUT2D eigenvalue weighted by Crippen LogP contribution is 2.26. The number of hydrogen-bond acceptors (Lipinski definition) is 2. The Balaban J connectivity index is 0. The second-order valence-corrected chi connectivity index (χ2v) is 5.28. The molecule has 1 amide bonds. The molecule has 0 aliphatic rings. The van der Waals surface area contributed by atoms with Crippen molar-refractivity contribution >= 4 is 5.91 Å². The van der Waals surface area contributed by atoms with E-state index in [2.05, 4.69) is 5.32 Å². The number of carbonyl (C=O) groups is 1. The largest absolute Gasteiger partial charge is 0.390 e. The highest BCUT2D eigenvalue weighted by atomic mass is 16.3. The van der Waals surface area contributed by atoms with Crippen LogP contribution in [0.3, 0.4) is 0 Å². The quantitative estimate of drug-likeness (QED) is 0.764. The molecule has 0 saturated carbocycles. The van der Waals surface area contributed by atoms with Gasteiger partial charge in [0.1, 0.15) is 0 Å². The minimum absolute atomic E-state index is 0.0637. The summed E-state index contributed by atoms with van der Waals surface area (Å²) in [4.78, 5) is 11.1. The van der Waals surface area contributed by atoms with Gasteiger partial charge in [0.2, 0.25) is 5.91 Å². The smallest absolute Gasteiger partial charge is 0.219 e. The van der Waals surface area contributed by atoms with Crippen LogP contribution in [-0.2, 0) is 4.79 Å². The van der Waals surface area contributed by atoms with Gasteiger partial charge in [0.05, 0.1) is 5.60 Å². The molecule has 0 saturated heterocycles. The molecule has 2 N–H and O–H groups in total. The van der Waals surface area contributed by atoms with Crippen molar-refractivity contribution in [1.29, 1.82) is 0 Å². The highest BCUT2D eigenvalue weighted by Gasteiger charge is 2.26. The van der Waals surface area contributed by atoms with Crippen LogP contribution >= 0.6 is 0 Å². The fourth-order valence-electron chi connectivity index (χ4n) is 1.70. The van der Waals surface area contributed by atoms with E-state index in [0.29, 0.717) is 19.4 Å². The fraction of sp³-hybridized carbons (Fsp3) is 0.923. The van der Waals surface area contributed by atoms with Crippen molar-refractivity contribution in [3.63, 3.8) is 0 Å². The maximum absolute atomic E-state index is 11.1. The van der Waals surface area contributed by atoms with E-state index < -0.39 is 5.60 Å². The summed E-state index contributed by atoms with van der Waals surface area (Å²) in [6.07, 6.45) is 1.18. The Morgan fingerprint density at radius 3 is 1.94 bits per heavy atom. The zero-order valence-corrected chi connectivity index (χ0v) is 12.0. The number of hydrogen-bond donors (Lipinski definition) is 2. The molecule has 16 heavy (non-hydrogen) atoms. The molecule has 0 aromatic rings. The standard InChI is InChI=1S/C11H23NO2.C2H6/c1-6-9(13)12-8-10(2,3)7-11(4,5)14;1-2/h14H,6-8H2,1-5H3,(H,12,13);1-2H3. The van der Waals surface area contributed by atoms with Crippen LogP contribution < -0.4 is 5.32 Å². The molecule has 0 fully saturated rings. The van der Waals surface area contributed by atoms with Crippen LogP contribution in [0, 0.1) is 5.41 Å². The van der Waals surface area contributed by atoms with Gasteiger partial charge >= 0.3 is 0 Å². The van der Waals surface area contributed by atoms with E-state index in [4.69, 9.17) is 0 Å². The number of nitrogens with one attached hydrogen (secondary N) is 1. The van der Waals surface area contributed by atoms with E-state index in [9.17, 15) is 9.90 Å². The number of aliphatic hydroxyl groups is 1. The Bertz CT molecular complexity index is 193. The molecular weight excluding hydrogens is 202 g/mol. The zero-order chi connectivity index (χ0) is 13.4. The molecule has 0 heterocycles. The van der Waals surface area contributed by atoms with Gasteiger partial charge in [-0.3, -0.25) is 4.79 Å². The molecule has 0 spiro atoms. The summed E-state index contributed by atoms with van der Waals surface area (Å²) >= 11 is 0. The second-order valence-electron chi connectivity index (χ2n) is 5.28. The van der Waals surface area contributed by atoms with Crippen molar-refractivity contribution in [2.45, 2.75) is 66.9 Å². The normalized spacial score (nSPS) is 11.5. The van der Waals surface area contributed by atoms with E-state index in [1.165, 1.54) is 0 Å². The van der Waals surface area contributed by atoms with Crippen LogP contribution in [0.15, 0.2) is 0 Å². The van der Waals surface area contributed by atoms with E-state index in [1.807, 2.05) is 34.6 Å². The molecule has 0 atom stereocenters. The molecule has 98 valence electrons. The van der Waals surface area contributed by atoms with Crippen LogP contribution in [0.5, 0.6) is 0 Å². The van der Waals surface area contributed by atoms with Gasteiger partial charge in [-0.25, -0.2) is 0 Å². The third-order valence-electron chi connectivity index (χ3n) is 2.00. The maximum atomic E-state index is 11.1. The number of rotatable bonds is 5. The Labute approximate surface area is 101 Å². The molecule has 3 heteroatoms. The zero-order valence-electron chi connectivity index (χ0n) is 12.0. The van der Waals surface area contributed by atoms with Crippen LogP contribution in [0.4, 0.5) is 0 Å². The summed E-state index contributed by atoms with van der Waals surface area (Å²) in [6, 6.07) is 0. The minimum atomic E-state index is -0.680. The molecule has 0 rings (SSSR count). The molecule has 0 aromatic heterocycles. The Morgan fingerprint density at radius 1 is 1.19 bits per heavy atom. The molecule has 0 unspecified atom stereocenters. The first-order valence-corrected chi connectivity index (χ1v) is 6.15. The lowest BCUT2D eigenvalue weighted by atomic mass is 9.82. The molecule has 3 nitrogen and oxygen atoms in total. The maximum Gasteiger partial charge on any atom is 0.219 e. The highest BCUT2D eigenvalue weighted by molar-refractivity contribution is 5.75. The predicted octanol–water partition coefficient (Wildman–Crippen LogP) is 2.73. The minimum Gasteiger partial charge on any atom is -0.390 e. The van der Waals surface area contributed by atoms with E-state index in [-0.39, 0.29) is 11.3 Å². The Hall–Kier alpha value is -0.570. The lowest BCUT2D eigenvalue weighted by molar-refractivity contribution is -0.121. The molecular formula is C13H29NO2. The summed E-state index contributed by atoms with van der Waals surface area (Å²) in [6.45, 7) is 14.1. The third kappa shape index (κ3) is 11.5. The van der Waals surface area contributed by atoms with E-state index in [1.54, 1.807) is 13.8 Å². The number of amides is 1. The lowest BCUT2D eigenvalue weighted by Crippen LogP contribution is -2.38. The molecule has 0 aromatic carbocycles. The van der Waals surface area contributed by atoms with Gasteiger partial charge in [-0.2, -0.15) is 0 Å². The fourth-order valence-corrected chi connectivity index (χ4v) is 1.70. The van der Waals surface area contributed by atoms with Gasteiger partial charge < -0.3 is 10.4 Å². The summed E-state index contributed by atoms with van der Waals surface area (Å²) in [5, 5.41) is 12.5. The van der Waals surface area contributed by atoms with Crippen molar-refractivity contribution in [1.82, 2.24) is 5.32 Å². The molecule has 0 aliphatic carbocycles. The van der Waals surface area contributed by atoms with E-state index >= 15 is 0 Å². The van der Waals surface area contributed by atoms with Gasteiger partial charge in [0.15, 0.2) is 0 Å². The van der Waals surface area contributed by atoms with Crippen LogP contribution in [0.2, 0.25) is 0 Å². The van der Waals surface area contributed by atoms with Gasteiger partial charge in [-0.1, -0.05) is 34.6 Å². The van der Waals surface area contributed by atoms with Crippen molar-refractivity contribution < 1.29 is 9.90 Å². The monoisotopic (exact) mass is 231 g/mol. The van der Waals surface area contributed by atoms with E-state index in [0.717, 1.165) is 0 Å². The summed E-state index contributed by atoms with van der Waals surface area (Å²) in [5.74, 6) is 0.0637. The SMILES string of the molecule is CC.CCC(=O)NCC(C)(C)CC(C)(C)O. The van der Waals surface area contributed by atoms with Gasteiger partial charge in [-0.15, -0.1) is 0 Å².